The van der Waals surface area contributed by atoms with E-state index in [-0.39, 0.29) is 5.91 Å². The maximum Gasteiger partial charge on any atom is 0.265 e. The largest absolute Gasteiger partial charge is 0.290 e. The zero-order chi connectivity index (χ0) is 14.5. The van der Waals surface area contributed by atoms with Gasteiger partial charge < -0.3 is 0 Å². The number of nitrogen functional groups attached to an aromatic ring is 1. The molecule has 0 aliphatic heterocycles. The zero-order valence-corrected chi connectivity index (χ0v) is 12.3. The first-order valence-corrected chi connectivity index (χ1v) is 7.25. The molecule has 0 unspecified atom stereocenters. The first-order valence-electron chi connectivity index (χ1n) is 6.27. The van der Waals surface area contributed by atoms with Gasteiger partial charge in [-0.2, -0.15) is 0 Å². The van der Waals surface area contributed by atoms with Crippen molar-refractivity contribution >= 4 is 17.7 Å². The van der Waals surface area contributed by atoms with Crippen molar-refractivity contribution in [2.45, 2.75) is 24.6 Å². The van der Waals surface area contributed by atoms with Crippen molar-refractivity contribution in [3.05, 3.63) is 58.8 Å². The predicted molar refractivity (Wildman–Crippen MR) is 81.4 cm³/mol. The van der Waals surface area contributed by atoms with Crippen molar-refractivity contribution in [1.29, 1.82) is 0 Å². The SMILES string of the molecule is Cc1cc(C)nc(SCc2ccccc2C(=O)NN)c1. The average molecular weight is 287 g/mol. The summed E-state index contributed by atoms with van der Waals surface area (Å²) in [6.45, 7) is 4.03. The second-order valence-electron chi connectivity index (χ2n) is 4.54. The summed E-state index contributed by atoms with van der Waals surface area (Å²) in [4.78, 5) is 16.2. The Balaban J connectivity index is 2.16. The van der Waals surface area contributed by atoms with E-state index < -0.39 is 0 Å². The number of hydrogen-bond acceptors (Lipinski definition) is 4. The first kappa shape index (κ1) is 14.6. The third kappa shape index (κ3) is 3.59. The van der Waals surface area contributed by atoms with E-state index in [4.69, 9.17) is 5.84 Å². The van der Waals surface area contributed by atoms with Gasteiger partial charge in [-0.15, -0.1) is 11.8 Å². The summed E-state index contributed by atoms with van der Waals surface area (Å²) in [5, 5.41) is 0.963. The van der Waals surface area contributed by atoms with Crippen LogP contribution in [0.2, 0.25) is 0 Å². The van der Waals surface area contributed by atoms with Crippen molar-refractivity contribution in [3.63, 3.8) is 0 Å². The van der Waals surface area contributed by atoms with E-state index in [0.717, 1.165) is 16.3 Å². The number of nitrogens with one attached hydrogen (secondary N) is 1. The lowest BCUT2D eigenvalue weighted by molar-refractivity contribution is 0.0953. The normalized spacial score (nSPS) is 10.3. The summed E-state index contributed by atoms with van der Waals surface area (Å²) in [6.07, 6.45) is 0. The van der Waals surface area contributed by atoms with Gasteiger partial charge in [-0.1, -0.05) is 18.2 Å². The number of carbonyl (C=O) groups is 1. The van der Waals surface area contributed by atoms with E-state index in [9.17, 15) is 4.79 Å². The van der Waals surface area contributed by atoms with Crippen LogP contribution in [0.1, 0.15) is 27.2 Å². The van der Waals surface area contributed by atoms with E-state index in [1.165, 1.54) is 5.56 Å². The van der Waals surface area contributed by atoms with Gasteiger partial charge in [0.1, 0.15) is 0 Å². The number of amides is 1. The van der Waals surface area contributed by atoms with Gasteiger partial charge in [-0.25, -0.2) is 10.8 Å². The molecule has 0 atom stereocenters. The van der Waals surface area contributed by atoms with E-state index >= 15 is 0 Å². The predicted octanol–water partition coefficient (Wildman–Crippen LogP) is 2.59. The Labute approximate surface area is 122 Å². The smallest absolute Gasteiger partial charge is 0.265 e. The van der Waals surface area contributed by atoms with Gasteiger partial charge in [-0.3, -0.25) is 10.2 Å². The fourth-order valence-electron chi connectivity index (χ4n) is 1.98. The second-order valence-corrected chi connectivity index (χ2v) is 5.54. The lowest BCUT2D eigenvalue weighted by atomic mass is 10.1. The van der Waals surface area contributed by atoms with Crippen molar-refractivity contribution in [1.82, 2.24) is 10.4 Å². The highest BCUT2D eigenvalue weighted by Gasteiger charge is 2.10. The van der Waals surface area contributed by atoms with Crippen LogP contribution in [0.25, 0.3) is 0 Å². The molecule has 0 fully saturated rings. The molecule has 5 heteroatoms. The van der Waals surface area contributed by atoms with Crippen LogP contribution in [0.4, 0.5) is 0 Å². The molecule has 104 valence electrons. The molecule has 3 N–H and O–H groups in total. The Morgan fingerprint density at radius 2 is 2.05 bits per heavy atom. The molecule has 2 aromatic rings. The average Bonchev–Trinajstić information content (AvgIpc) is 2.43. The number of hydrogen-bond donors (Lipinski definition) is 2. The molecule has 0 saturated carbocycles. The number of aromatic nitrogens is 1. The van der Waals surface area contributed by atoms with Gasteiger partial charge in [0.25, 0.3) is 5.91 Å². The van der Waals surface area contributed by atoms with Gasteiger partial charge >= 0.3 is 0 Å². The quantitative estimate of drug-likeness (QED) is 0.392. The van der Waals surface area contributed by atoms with E-state index in [1.54, 1.807) is 17.8 Å². The lowest BCUT2D eigenvalue weighted by Crippen LogP contribution is -2.30. The van der Waals surface area contributed by atoms with Crippen LogP contribution in [-0.2, 0) is 5.75 Å². The molecule has 0 bridgehead atoms. The summed E-state index contributed by atoms with van der Waals surface area (Å²) in [5.41, 5.74) is 5.91. The van der Waals surface area contributed by atoms with Gasteiger partial charge in [0.15, 0.2) is 0 Å². The lowest BCUT2D eigenvalue weighted by Gasteiger charge is -2.08. The molecule has 0 aliphatic carbocycles. The molecule has 0 saturated heterocycles. The summed E-state index contributed by atoms with van der Waals surface area (Å²) in [6, 6.07) is 11.5. The molecule has 1 aromatic heterocycles. The molecule has 1 aromatic carbocycles. The van der Waals surface area contributed by atoms with E-state index in [1.807, 2.05) is 37.3 Å². The fourth-order valence-corrected chi connectivity index (χ4v) is 3.01. The van der Waals surface area contributed by atoms with Crippen LogP contribution >= 0.6 is 11.8 Å². The van der Waals surface area contributed by atoms with Crippen molar-refractivity contribution in [2.24, 2.45) is 5.84 Å². The number of hydrazine groups is 1. The molecule has 1 heterocycles. The second kappa shape index (κ2) is 6.54. The maximum atomic E-state index is 11.7. The minimum absolute atomic E-state index is 0.269. The van der Waals surface area contributed by atoms with Gasteiger partial charge in [0.05, 0.1) is 5.03 Å². The van der Waals surface area contributed by atoms with Crippen LogP contribution in [0.15, 0.2) is 41.4 Å². The Hall–Kier alpha value is -1.85. The molecular formula is C15H17N3OS. The van der Waals surface area contributed by atoms with E-state index in [0.29, 0.717) is 11.3 Å². The number of nitrogens with two attached hydrogens (primary N) is 1. The Morgan fingerprint density at radius 1 is 1.30 bits per heavy atom. The summed E-state index contributed by atoms with van der Waals surface area (Å²) < 4.78 is 0. The third-order valence-corrected chi connectivity index (χ3v) is 3.80. The number of nitrogens with zero attached hydrogens (tertiary/aromatic N) is 1. The fraction of sp³-hybridized carbons (Fsp3) is 0.200. The Bertz CT molecular complexity index is 608. The maximum absolute atomic E-state index is 11.7. The molecule has 0 aliphatic rings. The van der Waals surface area contributed by atoms with Crippen LogP contribution in [0.3, 0.4) is 0 Å². The van der Waals surface area contributed by atoms with Gasteiger partial charge in [-0.05, 0) is 43.2 Å². The topological polar surface area (TPSA) is 68.0 Å². The molecule has 4 nitrogen and oxygen atoms in total. The molecule has 20 heavy (non-hydrogen) atoms. The summed E-state index contributed by atoms with van der Waals surface area (Å²) >= 11 is 1.61. The standard InChI is InChI=1S/C15H17N3OS/c1-10-7-11(2)17-14(8-10)20-9-12-5-3-4-6-13(12)15(19)18-16/h3-8H,9,16H2,1-2H3,(H,18,19). The number of rotatable bonds is 4. The number of thioether (sulfide) groups is 1. The first-order chi connectivity index (χ1) is 9.60. The molecule has 0 radical (unpaired) electrons. The van der Waals surface area contributed by atoms with Crippen LogP contribution < -0.4 is 11.3 Å². The molecule has 2 rings (SSSR count). The van der Waals surface area contributed by atoms with Crippen molar-refractivity contribution < 1.29 is 4.79 Å². The highest BCUT2D eigenvalue weighted by molar-refractivity contribution is 7.98. The molecule has 0 spiro atoms. The molecule has 1 amide bonds. The third-order valence-electron chi connectivity index (χ3n) is 2.84. The Kier molecular flexibility index (Phi) is 4.76. The van der Waals surface area contributed by atoms with Crippen LogP contribution in [0.5, 0.6) is 0 Å². The van der Waals surface area contributed by atoms with Gasteiger partial charge in [0.2, 0.25) is 0 Å². The minimum Gasteiger partial charge on any atom is -0.290 e. The minimum atomic E-state index is -0.269. The summed E-state index contributed by atoms with van der Waals surface area (Å²) in [5.74, 6) is 5.61. The number of pyridine rings is 1. The number of benzene rings is 1. The van der Waals surface area contributed by atoms with Crippen molar-refractivity contribution in [2.75, 3.05) is 0 Å². The Morgan fingerprint density at radius 3 is 2.75 bits per heavy atom. The van der Waals surface area contributed by atoms with Gasteiger partial charge in [0, 0.05) is 17.0 Å². The molecular weight excluding hydrogens is 270 g/mol. The highest BCUT2D eigenvalue weighted by Crippen LogP contribution is 2.24. The number of carbonyl (C=O) groups excluding carboxylic acids is 1. The zero-order valence-electron chi connectivity index (χ0n) is 11.5. The summed E-state index contributed by atoms with van der Waals surface area (Å²) in [7, 11) is 0. The monoisotopic (exact) mass is 287 g/mol. The number of aryl methyl sites for hydroxylation is 2. The van der Waals surface area contributed by atoms with Crippen molar-refractivity contribution in [3.8, 4) is 0 Å². The van der Waals surface area contributed by atoms with Crippen LogP contribution in [-0.4, -0.2) is 10.9 Å². The van der Waals surface area contributed by atoms with Crippen LogP contribution in [0, 0.1) is 13.8 Å². The highest BCUT2D eigenvalue weighted by atomic mass is 32.2. The van der Waals surface area contributed by atoms with E-state index in [2.05, 4.69) is 17.3 Å².